The van der Waals surface area contributed by atoms with Crippen molar-refractivity contribution < 1.29 is 4.79 Å². The highest BCUT2D eigenvalue weighted by atomic mass is 16.1. The maximum absolute atomic E-state index is 12.3. The van der Waals surface area contributed by atoms with Crippen molar-refractivity contribution in [2.24, 2.45) is 0 Å². The van der Waals surface area contributed by atoms with Gasteiger partial charge in [-0.05, 0) is 24.6 Å². The van der Waals surface area contributed by atoms with Gasteiger partial charge in [-0.15, -0.1) is 0 Å². The van der Waals surface area contributed by atoms with Crippen LogP contribution in [0.1, 0.15) is 21.5 Å². The fourth-order valence-corrected chi connectivity index (χ4v) is 2.21. The summed E-state index contributed by atoms with van der Waals surface area (Å²) in [4.78, 5) is 12.3. The van der Waals surface area contributed by atoms with E-state index in [4.69, 9.17) is 0 Å². The van der Waals surface area contributed by atoms with Crippen LogP contribution in [0.2, 0.25) is 0 Å². The molecule has 1 aromatic heterocycles. The average molecular weight is 291 g/mol. The van der Waals surface area contributed by atoms with Gasteiger partial charge in [-0.1, -0.05) is 48.0 Å². The van der Waals surface area contributed by atoms with Crippen LogP contribution < -0.4 is 5.32 Å². The largest absolute Gasteiger partial charge is 0.307 e. The van der Waals surface area contributed by atoms with Gasteiger partial charge in [-0.2, -0.15) is 5.10 Å². The van der Waals surface area contributed by atoms with Crippen LogP contribution in [0.4, 0.5) is 5.82 Å². The molecule has 0 saturated heterocycles. The van der Waals surface area contributed by atoms with Gasteiger partial charge in [0.05, 0.1) is 12.7 Å². The van der Waals surface area contributed by atoms with Crippen LogP contribution in [0.15, 0.2) is 66.9 Å². The third-order valence-electron chi connectivity index (χ3n) is 3.45. The lowest BCUT2D eigenvalue weighted by atomic mass is 10.1. The van der Waals surface area contributed by atoms with Gasteiger partial charge >= 0.3 is 0 Å². The van der Waals surface area contributed by atoms with Gasteiger partial charge in [0.1, 0.15) is 5.82 Å². The van der Waals surface area contributed by atoms with Gasteiger partial charge in [-0.3, -0.25) is 4.79 Å². The Bertz CT molecular complexity index is 761. The maximum Gasteiger partial charge on any atom is 0.256 e. The first-order valence-electron chi connectivity index (χ1n) is 7.16. The van der Waals surface area contributed by atoms with Crippen molar-refractivity contribution in [1.29, 1.82) is 0 Å². The third kappa shape index (κ3) is 3.23. The zero-order valence-electron chi connectivity index (χ0n) is 12.4. The summed E-state index contributed by atoms with van der Waals surface area (Å²) in [7, 11) is 0. The molecule has 1 heterocycles. The number of benzene rings is 2. The summed E-state index contributed by atoms with van der Waals surface area (Å²) in [6, 6.07) is 19.3. The number of hydrogen-bond acceptors (Lipinski definition) is 2. The highest BCUT2D eigenvalue weighted by Gasteiger charge is 2.09. The Hall–Kier alpha value is -2.88. The van der Waals surface area contributed by atoms with E-state index in [2.05, 4.69) is 10.4 Å². The van der Waals surface area contributed by atoms with E-state index >= 15 is 0 Å². The first-order chi connectivity index (χ1) is 10.7. The Morgan fingerprint density at radius 3 is 2.50 bits per heavy atom. The van der Waals surface area contributed by atoms with E-state index in [0.717, 1.165) is 11.1 Å². The molecule has 0 aliphatic heterocycles. The lowest BCUT2D eigenvalue weighted by Gasteiger charge is -2.09. The van der Waals surface area contributed by atoms with E-state index in [1.807, 2.05) is 61.5 Å². The number of nitrogens with one attached hydrogen (secondary N) is 1. The van der Waals surface area contributed by atoms with Crippen LogP contribution in [-0.2, 0) is 6.54 Å². The van der Waals surface area contributed by atoms with Gasteiger partial charge in [-0.25, -0.2) is 4.68 Å². The molecule has 0 radical (unpaired) electrons. The molecule has 4 nitrogen and oxygen atoms in total. The van der Waals surface area contributed by atoms with Crippen molar-refractivity contribution in [1.82, 2.24) is 9.78 Å². The van der Waals surface area contributed by atoms with Gasteiger partial charge in [0.2, 0.25) is 0 Å². The van der Waals surface area contributed by atoms with Gasteiger partial charge < -0.3 is 5.32 Å². The lowest BCUT2D eigenvalue weighted by Crippen LogP contribution is -2.16. The molecule has 0 saturated carbocycles. The van der Waals surface area contributed by atoms with Crippen LogP contribution in [0, 0.1) is 6.92 Å². The molecule has 0 aliphatic carbocycles. The molecule has 0 aliphatic rings. The predicted octanol–water partition coefficient (Wildman–Crippen LogP) is 3.49. The van der Waals surface area contributed by atoms with E-state index < -0.39 is 0 Å². The summed E-state index contributed by atoms with van der Waals surface area (Å²) >= 11 is 0. The van der Waals surface area contributed by atoms with Gasteiger partial charge in [0, 0.05) is 11.6 Å². The smallest absolute Gasteiger partial charge is 0.256 e. The topological polar surface area (TPSA) is 46.9 Å². The molecular weight excluding hydrogens is 274 g/mol. The van der Waals surface area contributed by atoms with Crippen LogP contribution in [0.5, 0.6) is 0 Å². The second-order valence-corrected chi connectivity index (χ2v) is 5.18. The number of aryl methyl sites for hydroxylation is 1. The minimum Gasteiger partial charge on any atom is -0.307 e. The van der Waals surface area contributed by atoms with Crippen molar-refractivity contribution >= 4 is 11.7 Å². The first-order valence-corrected chi connectivity index (χ1v) is 7.16. The van der Waals surface area contributed by atoms with Crippen molar-refractivity contribution in [3.63, 3.8) is 0 Å². The Kier molecular flexibility index (Phi) is 4.01. The fraction of sp³-hybridized carbons (Fsp3) is 0.111. The molecule has 22 heavy (non-hydrogen) atoms. The Morgan fingerprint density at radius 1 is 1.05 bits per heavy atom. The minimum atomic E-state index is -0.130. The molecular formula is C18H17N3O. The number of rotatable bonds is 4. The average Bonchev–Trinajstić information content (AvgIpc) is 2.96. The van der Waals surface area contributed by atoms with E-state index in [1.54, 1.807) is 16.9 Å². The quantitative estimate of drug-likeness (QED) is 0.800. The standard InChI is InChI=1S/C18H17N3O/c1-14-7-9-16(10-8-14)18(22)20-17-11-12-19-21(17)13-15-5-3-2-4-6-15/h2-12H,13H2,1H3,(H,20,22). The summed E-state index contributed by atoms with van der Waals surface area (Å²) in [6.45, 7) is 2.62. The number of carbonyl (C=O) groups excluding carboxylic acids is 1. The van der Waals surface area contributed by atoms with Crippen LogP contribution in [-0.4, -0.2) is 15.7 Å². The molecule has 4 heteroatoms. The predicted molar refractivity (Wildman–Crippen MR) is 86.9 cm³/mol. The Labute approximate surface area is 129 Å². The van der Waals surface area contributed by atoms with Crippen molar-refractivity contribution in [2.45, 2.75) is 13.5 Å². The molecule has 0 atom stereocenters. The number of hydrogen-bond donors (Lipinski definition) is 1. The summed E-state index contributed by atoms with van der Waals surface area (Å²) in [5.41, 5.74) is 2.90. The van der Waals surface area contributed by atoms with Crippen LogP contribution in [0.3, 0.4) is 0 Å². The summed E-state index contributed by atoms with van der Waals surface area (Å²) in [6.07, 6.45) is 1.69. The monoisotopic (exact) mass is 291 g/mol. The SMILES string of the molecule is Cc1ccc(C(=O)Nc2ccnn2Cc2ccccc2)cc1. The molecule has 2 aromatic carbocycles. The normalized spacial score (nSPS) is 10.4. The molecule has 110 valence electrons. The molecule has 3 aromatic rings. The Balaban J connectivity index is 1.75. The zero-order valence-corrected chi connectivity index (χ0v) is 12.4. The molecule has 1 amide bonds. The van der Waals surface area contributed by atoms with E-state index in [9.17, 15) is 4.79 Å². The van der Waals surface area contributed by atoms with E-state index in [0.29, 0.717) is 17.9 Å². The Morgan fingerprint density at radius 2 is 1.77 bits per heavy atom. The molecule has 0 spiro atoms. The van der Waals surface area contributed by atoms with Gasteiger partial charge in [0.15, 0.2) is 0 Å². The van der Waals surface area contributed by atoms with E-state index in [1.165, 1.54) is 0 Å². The minimum absolute atomic E-state index is 0.130. The van der Waals surface area contributed by atoms with Crippen LogP contribution in [0.25, 0.3) is 0 Å². The van der Waals surface area contributed by atoms with Gasteiger partial charge in [0.25, 0.3) is 5.91 Å². The zero-order chi connectivity index (χ0) is 15.4. The third-order valence-corrected chi connectivity index (χ3v) is 3.45. The first kappa shape index (κ1) is 14.1. The fourth-order valence-electron chi connectivity index (χ4n) is 2.21. The number of carbonyl (C=O) groups is 1. The van der Waals surface area contributed by atoms with E-state index in [-0.39, 0.29) is 5.91 Å². The number of amides is 1. The van der Waals surface area contributed by atoms with Crippen molar-refractivity contribution in [3.8, 4) is 0 Å². The van der Waals surface area contributed by atoms with Crippen molar-refractivity contribution in [3.05, 3.63) is 83.6 Å². The maximum atomic E-state index is 12.3. The van der Waals surface area contributed by atoms with Crippen LogP contribution >= 0.6 is 0 Å². The highest BCUT2D eigenvalue weighted by molar-refractivity contribution is 6.03. The second kappa shape index (κ2) is 6.26. The molecule has 3 rings (SSSR count). The molecule has 0 bridgehead atoms. The summed E-state index contributed by atoms with van der Waals surface area (Å²) in [5.74, 6) is 0.559. The molecule has 0 unspecified atom stereocenters. The molecule has 1 N–H and O–H groups in total. The lowest BCUT2D eigenvalue weighted by molar-refractivity contribution is 0.102. The highest BCUT2D eigenvalue weighted by Crippen LogP contribution is 2.12. The van der Waals surface area contributed by atoms with Crippen molar-refractivity contribution in [2.75, 3.05) is 5.32 Å². The number of aromatic nitrogens is 2. The second-order valence-electron chi connectivity index (χ2n) is 5.18. The molecule has 0 fully saturated rings. The number of nitrogens with zero attached hydrogens (tertiary/aromatic N) is 2. The summed E-state index contributed by atoms with van der Waals surface area (Å²) in [5, 5.41) is 7.18. The number of anilines is 1. The summed E-state index contributed by atoms with van der Waals surface area (Å²) < 4.78 is 1.78.